The number of aryl methyl sites for hydroxylation is 2. The second-order valence-electron chi connectivity index (χ2n) is 6.60. The number of carbonyl (C=O) groups is 1. The summed E-state index contributed by atoms with van der Waals surface area (Å²) in [6.07, 6.45) is 0.726. The zero-order chi connectivity index (χ0) is 19.0. The molecule has 0 unspecified atom stereocenters. The van der Waals surface area contributed by atoms with Gasteiger partial charge in [0.1, 0.15) is 23.9 Å². The molecule has 0 radical (unpaired) electrons. The van der Waals surface area contributed by atoms with Crippen LogP contribution < -0.4 is 9.64 Å². The van der Waals surface area contributed by atoms with E-state index in [2.05, 4.69) is 5.16 Å². The van der Waals surface area contributed by atoms with Crippen LogP contribution in [0.25, 0.3) is 0 Å². The molecule has 0 aliphatic carbocycles. The van der Waals surface area contributed by atoms with Gasteiger partial charge in [0.05, 0.1) is 16.9 Å². The highest BCUT2D eigenvalue weighted by Gasteiger charge is 2.26. The van der Waals surface area contributed by atoms with E-state index < -0.39 is 0 Å². The molecule has 3 aromatic rings. The molecule has 6 heteroatoms. The van der Waals surface area contributed by atoms with Crippen LogP contribution in [0.3, 0.4) is 0 Å². The van der Waals surface area contributed by atoms with Crippen LogP contribution in [-0.2, 0) is 13.0 Å². The van der Waals surface area contributed by atoms with Crippen molar-refractivity contribution in [1.29, 1.82) is 0 Å². The Morgan fingerprint density at radius 3 is 2.89 bits per heavy atom. The maximum Gasteiger partial charge on any atom is 0.258 e. The maximum absolute atomic E-state index is 13.6. The van der Waals surface area contributed by atoms with Gasteiger partial charge in [0.15, 0.2) is 0 Å². The molecule has 2 heterocycles. The molecule has 2 aromatic carbocycles. The Morgan fingerprint density at radius 1 is 1.26 bits per heavy atom. The first-order valence-corrected chi connectivity index (χ1v) is 8.78. The summed E-state index contributed by atoms with van der Waals surface area (Å²) in [4.78, 5) is 14.6. The number of hydrogen-bond donors (Lipinski definition) is 0. The van der Waals surface area contributed by atoms with E-state index in [0.29, 0.717) is 30.2 Å². The number of amides is 1. The Morgan fingerprint density at radius 2 is 2.11 bits per heavy atom. The number of benzene rings is 2. The summed E-state index contributed by atoms with van der Waals surface area (Å²) >= 11 is 0. The third kappa shape index (κ3) is 3.30. The number of carbonyl (C=O) groups excluding carboxylic acids is 1. The van der Waals surface area contributed by atoms with Crippen LogP contribution in [-0.4, -0.2) is 17.6 Å². The van der Waals surface area contributed by atoms with Gasteiger partial charge in [-0.3, -0.25) is 4.79 Å². The van der Waals surface area contributed by atoms with E-state index in [0.717, 1.165) is 29.0 Å². The predicted molar refractivity (Wildman–Crippen MR) is 98.5 cm³/mol. The van der Waals surface area contributed by atoms with Gasteiger partial charge in [-0.05, 0) is 56.2 Å². The lowest BCUT2D eigenvalue weighted by Crippen LogP contribution is -2.28. The molecule has 1 aromatic heterocycles. The normalized spacial score (nSPS) is 12.9. The van der Waals surface area contributed by atoms with Gasteiger partial charge in [-0.25, -0.2) is 4.39 Å². The Hall–Kier alpha value is -3.15. The Balaban J connectivity index is 1.53. The summed E-state index contributed by atoms with van der Waals surface area (Å²) in [6, 6.07) is 11.6. The second-order valence-corrected chi connectivity index (χ2v) is 6.60. The number of fused-ring (bicyclic) bond motifs is 1. The highest BCUT2D eigenvalue weighted by atomic mass is 19.1. The van der Waals surface area contributed by atoms with Crippen molar-refractivity contribution in [2.24, 2.45) is 0 Å². The molecule has 27 heavy (non-hydrogen) atoms. The molecular formula is C21H19FN2O3. The second kappa shape index (κ2) is 6.87. The average Bonchev–Trinajstić information content (AvgIpc) is 3.22. The molecule has 4 rings (SSSR count). The number of aromatic nitrogens is 1. The summed E-state index contributed by atoms with van der Waals surface area (Å²) in [7, 11) is 0. The van der Waals surface area contributed by atoms with Gasteiger partial charge in [0.25, 0.3) is 5.91 Å². The zero-order valence-electron chi connectivity index (χ0n) is 15.2. The zero-order valence-corrected chi connectivity index (χ0v) is 15.2. The largest absolute Gasteiger partial charge is 0.489 e. The molecule has 0 bridgehead atoms. The summed E-state index contributed by atoms with van der Waals surface area (Å²) < 4.78 is 24.6. The lowest BCUT2D eigenvalue weighted by Gasteiger charge is -2.18. The minimum absolute atomic E-state index is 0.165. The average molecular weight is 366 g/mol. The van der Waals surface area contributed by atoms with E-state index in [4.69, 9.17) is 9.26 Å². The van der Waals surface area contributed by atoms with Crippen LogP contribution in [0.15, 0.2) is 47.0 Å². The van der Waals surface area contributed by atoms with Crippen molar-refractivity contribution < 1.29 is 18.4 Å². The predicted octanol–water partition coefficient (Wildman–Crippen LogP) is 4.21. The molecule has 0 saturated heterocycles. The molecule has 1 aliphatic heterocycles. The van der Waals surface area contributed by atoms with Gasteiger partial charge >= 0.3 is 0 Å². The van der Waals surface area contributed by atoms with Crippen molar-refractivity contribution in [2.45, 2.75) is 26.9 Å². The Kier molecular flexibility index (Phi) is 4.39. The smallest absolute Gasteiger partial charge is 0.258 e. The van der Waals surface area contributed by atoms with Crippen LogP contribution in [0.4, 0.5) is 10.1 Å². The van der Waals surface area contributed by atoms with Crippen LogP contribution in [0.5, 0.6) is 5.75 Å². The van der Waals surface area contributed by atoms with Gasteiger partial charge < -0.3 is 14.2 Å². The quantitative estimate of drug-likeness (QED) is 0.694. The molecule has 138 valence electrons. The lowest BCUT2D eigenvalue weighted by atomic mass is 10.1. The molecule has 5 nitrogen and oxygen atoms in total. The fourth-order valence-corrected chi connectivity index (χ4v) is 3.30. The highest BCUT2D eigenvalue weighted by molar-refractivity contribution is 6.07. The summed E-state index contributed by atoms with van der Waals surface area (Å²) in [6.45, 7) is 4.56. The minimum Gasteiger partial charge on any atom is -0.489 e. The molecule has 1 aliphatic rings. The number of ether oxygens (including phenoxy) is 1. The van der Waals surface area contributed by atoms with E-state index in [1.54, 1.807) is 35.2 Å². The molecular weight excluding hydrogens is 347 g/mol. The molecule has 0 atom stereocenters. The van der Waals surface area contributed by atoms with E-state index >= 15 is 0 Å². The van der Waals surface area contributed by atoms with Gasteiger partial charge in [0.2, 0.25) is 0 Å². The lowest BCUT2D eigenvalue weighted by molar-refractivity contribution is 0.0989. The first-order chi connectivity index (χ1) is 13.0. The summed E-state index contributed by atoms with van der Waals surface area (Å²) in [5.74, 6) is 0.794. The molecule has 0 N–H and O–H groups in total. The molecule has 0 saturated carbocycles. The first kappa shape index (κ1) is 17.3. The number of nitrogens with zero attached hydrogens (tertiary/aromatic N) is 2. The minimum atomic E-state index is -0.343. The van der Waals surface area contributed by atoms with Crippen LogP contribution in [0.1, 0.15) is 32.9 Å². The van der Waals surface area contributed by atoms with Gasteiger partial charge in [-0.2, -0.15) is 0 Å². The number of anilines is 1. The number of rotatable bonds is 4. The maximum atomic E-state index is 13.6. The standard InChI is InChI=1S/C21H19FN2O3/c1-13-19(14(2)27-23-13)12-26-18-5-3-4-16(10-18)21(25)24-9-8-15-6-7-17(22)11-20(15)24/h3-7,10-11H,8-9,12H2,1-2H3. The van der Waals surface area contributed by atoms with Gasteiger partial charge in [0, 0.05) is 12.1 Å². The van der Waals surface area contributed by atoms with Gasteiger partial charge in [-0.15, -0.1) is 0 Å². The van der Waals surface area contributed by atoms with Crippen LogP contribution >= 0.6 is 0 Å². The van der Waals surface area contributed by atoms with Crippen LogP contribution in [0.2, 0.25) is 0 Å². The topological polar surface area (TPSA) is 55.6 Å². The number of hydrogen-bond acceptors (Lipinski definition) is 4. The summed E-state index contributed by atoms with van der Waals surface area (Å²) in [5, 5.41) is 3.91. The van der Waals surface area contributed by atoms with Crippen molar-refractivity contribution in [3.8, 4) is 5.75 Å². The van der Waals surface area contributed by atoms with Gasteiger partial charge in [-0.1, -0.05) is 17.3 Å². The fraction of sp³-hybridized carbons (Fsp3) is 0.238. The monoisotopic (exact) mass is 366 g/mol. The first-order valence-electron chi connectivity index (χ1n) is 8.78. The Labute approximate surface area is 156 Å². The fourth-order valence-electron chi connectivity index (χ4n) is 3.30. The van der Waals surface area contributed by atoms with Crippen molar-refractivity contribution in [1.82, 2.24) is 5.16 Å². The number of halogens is 1. The molecule has 0 fully saturated rings. The van der Waals surface area contributed by atoms with E-state index in [9.17, 15) is 9.18 Å². The summed E-state index contributed by atoms with van der Waals surface area (Å²) in [5.41, 5.74) is 3.81. The van der Waals surface area contributed by atoms with E-state index in [1.807, 2.05) is 13.8 Å². The third-order valence-corrected chi connectivity index (χ3v) is 4.83. The molecule has 0 spiro atoms. The third-order valence-electron chi connectivity index (χ3n) is 4.83. The molecule has 1 amide bonds. The SMILES string of the molecule is Cc1noc(C)c1COc1cccc(C(=O)N2CCc3ccc(F)cc32)c1. The van der Waals surface area contributed by atoms with Crippen molar-refractivity contribution in [3.63, 3.8) is 0 Å². The van der Waals surface area contributed by atoms with Crippen molar-refractivity contribution in [2.75, 3.05) is 11.4 Å². The van der Waals surface area contributed by atoms with E-state index in [1.165, 1.54) is 12.1 Å². The van der Waals surface area contributed by atoms with Crippen LogP contribution in [0, 0.1) is 19.7 Å². The highest BCUT2D eigenvalue weighted by Crippen LogP contribution is 2.30. The van der Waals surface area contributed by atoms with Crippen molar-refractivity contribution >= 4 is 11.6 Å². The van der Waals surface area contributed by atoms with Crippen molar-refractivity contribution in [3.05, 3.63) is 76.4 Å². The Bertz CT molecular complexity index is 993. The van der Waals surface area contributed by atoms with E-state index in [-0.39, 0.29) is 11.7 Å².